The Labute approximate surface area is 197 Å². The minimum absolute atomic E-state index is 0.0981. The number of benzene rings is 1. The molecule has 0 bridgehead atoms. The van der Waals surface area contributed by atoms with Crippen molar-refractivity contribution in [1.82, 2.24) is 14.8 Å². The molecule has 0 spiro atoms. The van der Waals surface area contributed by atoms with Gasteiger partial charge in [-0.25, -0.2) is 4.98 Å². The summed E-state index contributed by atoms with van der Waals surface area (Å²) in [5.74, 6) is 1.69. The van der Waals surface area contributed by atoms with Gasteiger partial charge in [0.15, 0.2) is 0 Å². The number of anilines is 2. The summed E-state index contributed by atoms with van der Waals surface area (Å²) in [4.78, 5) is 38.7. The van der Waals surface area contributed by atoms with Crippen LogP contribution in [0.25, 0.3) is 0 Å². The molecule has 33 heavy (non-hydrogen) atoms. The molecule has 2 saturated heterocycles. The quantitative estimate of drug-likeness (QED) is 0.678. The maximum Gasteiger partial charge on any atom is 0.255 e. The molecule has 0 N–H and O–H groups in total. The number of carbonyl (C=O) groups excluding carboxylic acids is 2. The van der Waals surface area contributed by atoms with Crippen LogP contribution in [0.1, 0.15) is 36.0 Å². The van der Waals surface area contributed by atoms with Crippen LogP contribution in [0.2, 0.25) is 0 Å². The van der Waals surface area contributed by atoms with E-state index in [1.54, 1.807) is 0 Å². The monoisotopic (exact) mass is 449 g/mol. The lowest BCUT2D eigenvalue weighted by atomic mass is 9.92. The molecule has 0 aliphatic carbocycles. The van der Waals surface area contributed by atoms with Crippen LogP contribution in [0.5, 0.6) is 0 Å². The van der Waals surface area contributed by atoms with E-state index < -0.39 is 0 Å². The fraction of sp³-hybridized carbons (Fsp3) is 0.500. The summed E-state index contributed by atoms with van der Waals surface area (Å²) in [6.07, 6.45) is 5.30. The van der Waals surface area contributed by atoms with E-state index in [0.29, 0.717) is 12.3 Å². The first-order chi connectivity index (χ1) is 16.0. The Balaban J connectivity index is 1.26. The number of piperidine rings is 1. The zero-order valence-corrected chi connectivity index (χ0v) is 19.8. The van der Waals surface area contributed by atoms with Crippen molar-refractivity contribution in [2.45, 2.75) is 25.7 Å². The molecule has 176 valence electrons. The Bertz CT molecular complexity index is 941. The van der Waals surface area contributed by atoms with Crippen molar-refractivity contribution in [2.75, 3.05) is 63.2 Å². The number of amides is 2. The van der Waals surface area contributed by atoms with Crippen LogP contribution in [-0.4, -0.2) is 80.0 Å². The first-order valence-corrected chi connectivity index (χ1v) is 12.0. The largest absolute Gasteiger partial charge is 0.377 e. The Morgan fingerprint density at radius 3 is 2.45 bits per heavy atom. The number of aromatic nitrogens is 1. The van der Waals surface area contributed by atoms with Gasteiger partial charge in [0, 0.05) is 71.7 Å². The van der Waals surface area contributed by atoms with Gasteiger partial charge in [0.25, 0.3) is 5.91 Å². The molecule has 1 atom stereocenters. The fourth-order valence-electron chi connectivity index (χ4n) is 4.91. The second-order valence-corrected chi connectivity index (χ2v) is 9.27. The van der Waals surface area contributed by atoms with Gasteiger partial charge >= 0.3 is 0 Å². The zero-order valence-electron chi connectivity index (χ0n) is 19.8. The molecule has 2 amide bonds. The molecule has 0 saturated carbocycles. The van der Waals surface area contributed by atoms with E-state index in [4.69, 9.17) is 0 Å². The molecule has 2 fully saturated rings. The Morgan fingerprint density at radius 1 is 0.970 bits per heavy atom. The third kappa shape index (κ3) is 5.64. The minimum Gasteiger partial charge on any atom is -0.377 e. The van der Waals surface area contributed by atoms with Crippen molar-refractivity contribution in [3.05, 3.63) is 54.2 Å². The summed E-state index contributed by atoms with van der Waals surface area (Å²) >= 11 is 0. The van der Waals surface area contributed by atoms with E-state index in [-0.39, 0.29) is 11.8 Å². The number of carbonyl (C=O) groups is 2. The van der Waals surface area contributed by atoms with Crippen molar-refractivity contribution in [3.8, 4) is 0 Å². The van der Waals surface area contributed by atoms with Crippen LogP contribution in [-0.2, 0) is 4.79 Å². The molecule has 7 heteroatoms. The van der Waals surface area contributed by atoms with Crippen LogP contribution in [0, 0.1) is 5.92 Å². The SMILES string of the molecule is CN(C)c1ccccc1C(=O)N1CCCC(CCC(=O)N2CCN(c3ccccn3)CC2)C1. The highest BCUT2D eigenvalue weighted by Crippen LogP contribution is 2.26. The molecular formula is C26H35N5O2. The minimum atomic E-state index is 0.0981. The molecule has 3 heterocycles. The number of para-hydroxylation sites is 1. The summed E-state index contributed by atoms with van der Waals surface area (Å²) in [5, 5.41) is 0. The highest BCUT2D eigenvalue weighted by Gasteiger charge is 2.28. The molecule has 2 aliphatic heterocycles. The second-order valence-electron chi connectivity index (χ2n) is 9.27. The van der Waals surface area contributed by atoms with Gasteiger partial charge in [-0.2, -0.15) is 0 Å². The van der Waals surface area contributed by atoms with Gasteiger partial charge in [0.05, 0.1) is 5.56 Å². The van der Waals surface area contributed by atoms with Gasteiger partial charge in [-0.3, -0.25) is 9.59 Å². The molecule has 7 nitrogen and oxygen atoms in total. The predicted octanol–water partition coefficient (Wildman–Crippen LogP) is 3.13. The van der Waals surface area contributed by atoms with Crippen LogP contribution < -0.4 is 9.80 Å². The van der Waals surface area contributed by atoms with Gasteiger partial charge < -0.3 is 19.6 Å². The summed E-state index contributed by atoms with van der Waals surface area (Å²) in [6, 6.07) is 13.7. The summed E-state index contributed by atoms with van der Waals surface area (Å²) < 4.78 is 0. The van der Waals surface area contributed by atoms with E-state index in [0.717, 1.165) is 75.6 Å². The van der Waals surface area contributed by atoms with Gasteiger partial charge in [0.2, 0.25) is 5.91 Å². The highest BCUT2D eigenvalue weighted by atomic mass is 16.2. The molecule has 2 aliphatic rings. The molecule has 0 radical (unpaired) electrons. The number of likely N-dealkylation sites (tertiary alicyclic amines) is 1. The van der Waals surface area contributed by atoms with Crippen LogP contribution in [0.4, 0.5) is 11.5 Å². The normalized spacial score (nSPS) is 18.8. The van der Waals surface area contributed by atoms with Gasteiger partial charge in [-0.1, -0.05) is 18.2 Å². The Hall–Kier alpha value is -3.09. The van der Waals surface area contributed by atoms with Gasteiger partial charge in [-0.05, 0) is 49.4 Å². The number of piperazine rings is 1. The predicted molar refractivity (Wildman–Crippen MR) is 132 cm³/mol. The van der Waals surface area contributed by atoms with Gasteiger partial charge in [0.1, 0.15) is 5.82 Å². The molecule has 1 aromatic heterocycles. The maximum absolute atomic E-state index is 13.2. The molecule has 4 rings (SSSR count). The number of rotatable bonds is 6. The third-order valence-electron chi connectivity index (χ3n) is 6.79. The lowest BCUT2D eigenvalue weighted by Gasteiger charge is -2.36. The fourth-order valence-corrected chi connectivity index (χ4v) is 4.91. The zero-order chi connectivity index (χ0) is 23.2. The molecule has 1 unspecified atom stereocenters. The third-order valence-corrected chi connectivity index (χ3v) is 6.79. The van der Waals surface area contributed by atoms with Crippen LogP contribution >= 0.6 is 0 Å². The lowest BCUT2D eigenvalue weighted by Crippen LogP contribution is -2.49. The van der Waals surface area contributed by atoms with Crippen LogP contribution in [0.15, 0.2) is 48.7 Å². The van der Waals surface area contributed by atoms with Crippen LogP contribution in [0.3, 0.4) is 0 Å². The average Bonchev–Trinajstić information content (AvgIpc) is 2.87. The Morgan fingerprint density at radius 2 is 1.73 bits per heavy atom. The number of hydrogen-bond acceptors (Lipinski definition) is 5. The standard InChI is InChI=1S/C26H35N5O2/c1-28(2)23-10-4-3-9-22(23)26(33)31-15-7-8-21(20-31)12-13-25(32)30-18-16-29(17-19-30)24-11-5-6-14-27-24/h3-6,9-11,14,21H,7-8,12-13,15-20H2,1-2H3. The Kier molecular flexibility index (Phi) is 7.47. The van der Waals surface area contributed by atoms with E-state index in [1.165, 1.54) is 0 Å². The number of pyridine rings is 1. The van der Waals surface area contributed by atoms with Crippen molar-refractivity contribution in [1.29, 1.82) is 0 Å². The highest BCUT2D eigenvalue weighted by molar-refractivity contribution is 5.99. The van der Waals surface area contributed by atoms with E-state index >= 15 is 0 Å². The van der Waals surface area contributed by atoms with Gasteiger partial charge in [-0.15, -0.1) is 0 Å². The van der Waals surface area contributed by atoms with E-state index in [1.807, 2.05) is 77.5 Å². The average molecular weight is 450 g/mol. The first-order valence-electron chi connectivity index (χ1n) is 12.0. The summed E-state index contributed by atoms with van der Waals surface area (Å²) in [5.41, 5.74) is 1.70. The first kappa shape index (κ1) is 23.1. The van der Waals surface area contributed by atoms with E-state index in [2.05, 4.69) is 9.88 Å². The summed E-state index contributed by atoms with van der Waals surface area (Å²) in [6.45, 7) is 4.65. The second kappa shape index (κ2) is 10.7. The molecule has 1 aromatic carbocycles. The van der Waals surface area contributed by atoms with Crippen molar-refractivity contribution < 1.29 is 9.59 Å². The van der Waals surface area contributed by atoms with Crippen molar-refractivity contribution in [3.63, 3.8) is 0 Å². The smallest absolute Gasteiger partial charge is 0.255 e. The van der Waals surface area contributed by atoms with E-state index in [9.17, 15) is 9.59 Å². The van der Waals surface area contributed by atoms with Crippen molar-refractivity contribution >= 4 is 23.3 Å². The summed E-state index contributed by atoms with van der Waals surface area (Å²) in [7, 11) is 3.93. The number of hydrogen-bond donors (Lipinski definition) is 0. The lowest BCUT2D eigenvalue weighted by molar-refractivity contribution is -0.131. The van der Waals surface area contributed by atoms with Crippen molar-refractivity contribution in [2.24, 2.45) is 5.92 Å². The topological polar surface area (TPSA) is 60.0 Å². The number of nitrogens with zero attached hydrogens (tertiary/aromatic N) is 5. The maximum atomic E-state index is 13.2. The molecular weight excluding hydrogens is 414 g/mol. The molecule has 2 aromatic rings.